The van der Waals surface area contributed by atoms with Crippen molar-refractivity contribution in [2.24, 2.45) is 0 Å². The van der Waals surface area contributed by atoms with Crippen LogP contribution in [0.2, 0.25) is 0 Å². The smallest absolute Gasteiger partial charge is 0.264 e. The largest absolute Gasteiger partial charge is 0.416 e. The first-order valence-corrected chi connectivity index (χ1v) is 9.73. The van der Waals surface area contributed by atoms with Gasteiger partial charge >= 0.3 is 6.18 Å². The molecule has 10 heteroatoms. The number of hydrogen-bond acceptors (Lipinski definition) is 5. The van der Waals surface area contributed by atoms with Gasteiger partial charge in [-0.25, -0.2) is 13.1 Å². The lowest BCUT2D eigenvalue weighted by Crippen LogP contribution is -2.25. The Morgan fingerprint density at radius 3 is 2.50 bits per heavy atom. The minimum Gasteiger partial charge on any atom is -0.264 e. The number of nitrogens with one attached hydrogen (secondary N) is 1. The van der Waals surface area contributed by atoms with E-state index in [1.165, 1.54) is 24.5 Å². The van der Waals surface area contributed by atoms with Gasteiger partial charge in [0, 0.05) is 30.4 Å². The summed E-state index contributed by atoms with van der Waals surface area (Å²) in [4.78, 5) is 12.4. The fourth-order valence-electron chi connectivity index (χ4n) is 2.53. The molecule has 3 rings (SSSR count). The SMILES string of the molecule is O=S(=O)(Cc1cccc(C(F)(F)F)c1)NCc1nccnc1-c1cccnc1. The molecule has 0 radical (unpaired) electrons. The van der Waals surface area contributed by atoms with Gasteiger partial charge in [0.15, 0.2) is 0 Å². The Morgan fingerprint density at radius 2 is 1.79 bits per heavy atom. The van der Waals surface area contributed by atoms with Gasteiger partial charge in [0.2, 0.25) is 10.0 Å². The minimum absolute atomic E-state index is 0.0361. The molecule has 6 nitrogen and oxygen atoms in total. The van der Waals surface area contributed by atoms with Crippen molar-refractivity contribution < 1.29 is 21.6 Å². The molecular weight excluding hydrogens is 393 g/mol. The van der Waals surface area contributed by atoms with Gasteiger partial charge < -0.3 is 0 Å². The summed E-state index contributed by atoms with van der Waals surface area (Å²) in [7, 11) is -3.89. The van der Waals surface area contributed by atoms with Crippen LogP contribution in [0.5, 0.6) is 0 Å². The molecule has 2 heterocycles. The highest BCUT2D eigenvalue weighted by atomic mass is 32.2. The molecule has 0 spiro atoms. The molecule has 3 aromatic rings. The van der Waals surface area contributed by atoms with Crippen molar-refractivity contribution in [1.29, 1.82) is 0 Å². The van der Waals surface area contributed by atoms with E-state index in [2.05, 4.69) is 19.7 Å². The van der Waals surface area contributed by atoms with Crippen LogP contribution in [-0.4, -0.2) is 23.4 Å². The summed E-state index contributed by atoms with van der Waals surface area (Å²) in [5, 5.41) is 0. The van der Waals surface area contributed by atoms with Gasteiger partial charge in [-0.1, -0.05) is 18.2 Å². The zero-order valence-corrected chi connectivity index (χ0v) is 15.2. The predicted molar refractivity (Wildman–Crippen MR) is 96.2 cm³/mol. The van der Waals surface area contributed by atoms with Crippen LogP contribution in [0, 0.1) is 0 Å². The molecule has 0 atom stereocenters. The Labute approximate surface area is 159 Å². The highest BCUT2D eigenvalue weighted by molar-refractivity contribution is 7.88. The van der Waals surface area contributed by atoms with Gasteiger partial charge in [0.05, 0.1) is 29.2 Å². The van der Waals surface area contributed by atoms with Crippen LogP contribution in [0.1, 0.15) is 16.8 Å². The van der Waals surface area contributed by atoms with Crippen molar-refractivity contribution in [3.63, 3.8) is 0 Å². The van der Waals surface area contributed by atoms with E-state index in [9.17, 15) is 21.6 Å². The summed E-state index contributed by atoms with van der Waals surface area (Å²) in [6.45, 7) is -0.153. The molecule has 146 valence electrons. The van der Waals surface area contributed by atoms with Crippen LogP contribution in [0.3, 0.4) is 0 Å². The van der Waals surface area contributed by atoms with Crippen molar-refractivity contribution in [3.05, 3.63) is 78.0 Å². The van der Waals surface area contributed by atoms with Crippen molar-refractivity contribution in [2.45, 2.75) is 18.5 Å². The van der Waals surface area contributed by atoms with Crippen LogP contribution in [0.25, 0.3) is 11.3 Å². The van der Waals surface area contributed by atoms with E-state index in [1.807, 2.05) is 0 Å². The van der Waals surface area contributed by atoms with Crippen molar-refractivity contribution in [2.75, 3.05) is 0 Å². The maximum atomic E-state index is 12.8. The standard InChI is InChI=1S/C18H15F3N4O2S/c19-18(20,21)15-5-1-3-13(9-15)12-28(26,27)25-11-16-17(24-8-7-23-16)14-4-2-6-22-10-14/h1-10,25H,11-12H2. The molecule has 2 aromatic heterocycles. The maximum Gasteiger partial charge on any atom is 0.416 e. The molecule has 28 heavy (non-hydrogen) atoms. The normalized spacial score (nSPS) is 12.1. The Hall–Kier alpha value is -2.85. The second kappa shape index (κ2) is 8.03. The summed E-state index contributed by atoms with van der Waals surface area (Å²) in [6, 6.07) is 7.70. The van der Waals surface area contributed by atoms with Gasteiger partial charge in [-0.05, 0) is 23.8 Å². The third kappa shape index (κ3) is 5.11. The number of alkyl halides is 3. The number of nitrogens with zero attached hydrogens (tertiary/aromatic N) is 3. The lowest BCUT2D eigenvalue weighted by atomic mass is 10.1. The van der Waals surface area contributed by atoms with Gasteiger partial charge in [-0.2, -0.15) is 13.2 Å². The second-order valence-electron chi connectivity index (χ2n) is 5.87. The number of hydrogen-bond donors (Lipinski definition) is 1. The molecular formula is C18H15F3N4O2S. The number of halogens is 3. The Bertz CT molecular complexity index is 1060. The monoisotopic (exact) mass is 408 g/mol. The number of rotatable bonds is 6. The van der Waals surface area contributed by atoms with Gasteiger partial charge in [-0.3, -0.25) is 15.0 Å². The first-order chi connectivity index (χ1) is 13.2. The topological polar surface area (TPSA) is 84.8 Å². The summed E-state index contributed by atoms with van der Waals surface area (Å²) in [5.74, 6) is -0.584. The highest BCUT2D eigenvalue weighted by Gasteiger charge is 2.30. The summed E-state index contributed by atoms with van der Waals surface area (Å²) < 4.78 is 65.4. The molecule has 0 amide bonds. The summed E-state index contributed by atoms with van der Waals surface area (Å²) in [6.07, 6.45) is 1.53. The molecule has 0 fully saturated rings. The van der Waals surface area contributed by atoms with E-state index in [0.29, 0.717) is 17.0 Å². The Balaban J connectivity index is 1.75. The van der Waals surface area contributed by atoms with Crippen molar-refractivity contribution >= 4 is 10.0 Å². The quantitative estimate of drug-likeness (QED) is 0.677. The molecule has 0 aliphatic carbocycles. The molecule has 0 saturated heterocycles. The molecule has 0 aliphatic heterocycles. The van der Waals surface area contributed by atoms with Crippen LogP contribution in [-0.2, 0) is 28.5 Å². The first kappa shape index (κ1) is 19.9. The summed E-state index contributed by atoms with van der Waals surface area (Å²) in [5.41, 5.74) is 0.658. The van der Waals surface area contributed by atoms with Crippen LogP contribution in [0.4, 0.5) is 13.2 Å². The fraction of sp³-hybridized carbons (Fsp3) is 0.167. The zero-order valence-electron chi connectivity index (χ0n) is 14.4. The average molecular weight is 408 g/mol. The lowest BCUT2D eigenvalue weighted by Gasteiger charge is -2.11. The lowest BCUT2D eigenvalue weighted by molar-refractivity contribution is -0.137. The summed E-state index contributed by atoms with van der Waals surface area (Å²) >= 11 is 0. The molecule has 0 saturated carbocycles. The molecule has 0 unspecified atom stereocenters. The van der Waals surface area contributed by atoms with E-state index >= 15 is 0 Å². The number of benzene rings is 1. The van der Waals surface area contributed by atoms with Crippen LogP contribution < -0.4 is 4.72 Å². The van der Waals surface area contributed by atoms with Gasteiger partial charge in [-0.15, -0.1) is 0 Å². The van der Waals surface area contributed by atoms with E-state index in [1.54, 1.807) is 24.5 Å². The first-order valence-electron chi connectivity index (χ1n) is 8.08. The number of aromatic nitrogens is 3. The molecule has 1 N–H and O–H groups in total. The van der Waals surface area contributed by atoms with Crippen molar-refractivity contribution in [3.8, 4) is 11.3 Å². The highest BCUT2D eigenvalue weighted by Crippen LogP contribution is 2.29. The second-order valence-corrected chi connectivity index (χ2v) is 7.68. The van der Waals surface area contributed by atoms with Crippen LogP contribution >= 0.6 is 0 Å². The third-order valence-corrected chi connectivity index (χ3v) is 5.08. The van der Waals surface area contributed by atoms with E-state index in [-0.39, 0.29) is 12.1 Å². The Morgan fingerprint density at radius 1 is 1.00 bits per heavy atom. The molecule has 0 bridgehead atoms. The van der Waals surface area contributed by atoms with Crippen LogP contribution in [0.15, 0.2) is 61.2 Å². The van der Waals surface area contributed by atoms with Crippen molar-refractivity contribution in [1.82, 2.24) is 19.7 Å². The third-order valence-electron chi connectivity index (χ3n) is 3.78. The van der Waals surface area contributed by atoms with E-state index < -0.39 is 27.5 Å². The minimum atomic E-state index is -4.54. The van der Waals surface area contributed by atoms with E-state index in [0.717, 1.165) is 12.1 Å². The molecule has 0 aliphatic rings. The van der Waals surface area contributed by atoms with E-state index in [4.69, 9.17) is 0 Å². The predicted octanol–water partition coefficient (Wildman–Crippen LogP) is 3.18. The molecule has 1 aromatic carbocycles. The number of sulfonamides is 1. The average Bonchev–Trinajstić information content (AvgIpc) is 2.67. The zero-order chi connectivity index (χ0) is 20.2. The maximum absolute atomic E-state index is 12.8. The van der Waals surface area contributed by atoms with Gasteiger partial charge in [0.1, 0.15) is 0 Å². The number of pyridine rings is 1. The Kier molecular flexibility index (Phi) is 5.71. The van der Waals surface area contributed by atoms with Gasteiger partial charge in [0.25, 0.3) is 0 Å². The fourth-order valence-corrected chi connectivity index (χ4v) is 3.60.